The Morgan fingerprint density at radius 1 is 1.26 bits per heavy atom. The molecule has 0 radical (unpaired) electrons. The van der Waals surface area contributed by atoms with Crippen molar-refractivity contribution in [2.45, 2.75) is 19.5 Å². The number of hydrogen-bond donors (Lipinski definition) is 1. The minimum atomic E-state index is -4.35. The molecule has 2 N–H and O–H groups in total. The molecule has 1 atom stereocenters. The van der Waals surface area contributed by atoms with Crippen molar-refractivity contribution in [1.82, 2.24) is 15.1 Å². The van der Waals surface area contributed by atoms with Gasteiger partial charge in [-0.2, -0.15) is 13.2 Å². The van der Waals surface area contributed by atoms with Crippen LogP contribution in [0.2, 0.25) is 0 Å². The van der Waals surface area contributed by atoms with Gasteiger partial charge in [0.15, 0.2) is 0 Å². The van der Waals surface area contributed by atoms with Crippen LogP contribution in [-0.2, 0) is 4.79 Å². The van der Waals surface area contributed by atoms with Crippen molar-refractivity contribution in [3.8, 4) is 0 Å². The number of primary amides is 1. The summed E-state index contributed by atoms with van der Waals surface area (Å²) in [6.45, 7) is 2.71. The van der Waals surface area contributed by atoms with Crippen molar-refractivity contribution in [3.63, 3.8) is 0 Å². The summed E-state index contributed by atoms with van der Waals surface area (Å²) in [6.07, 6.45) is -5.47. The van der Waals surface area contributed by atoms with E-state index in [-0.39, 0.29) is 5.01 Å². The predicted molar refractivity (Wildman–Crippen MR) is 77.1 cm³/mol. The minimum Gasteiger partial charge on any atom is -0.363 e. The average molecular weight is 351 g/mol. The first-order valence-corrected chi connectivity index (χ1v) is 7.73. The third-order valence-electron chi connectivity index (χ3n) is 3.45. The molecule has 2 heterocycles. The number of carbonyl (C=O) groups is 2. The quantitative estimate of drug-likeness (QED) is 0.869. The second-order valence-corrected chi connectivity index (χ2v) is 6.24. The second kappa shape index (κ2) is 6.69. The van der Waals surface area contributed by atoms with Crippen molar-refractivity contribution in [2.75, 3.05) is 31.1 Å². The van der Waals surface area contributed by atoms with E-state index in [0.29, 0.717) is 31.3 Å². The normalized spacial score (nSPS) is 17.2. The Hall–Kier alpha value is -1.91. The molecule has 0 aliphatic carbocycles. The van der Waals surface area contributed by atoms with Gasteiger partial charge < -0.3 is 15.5 Å². The van der Waals surface area contributed by atoms with Gasteiger partial charge in [-0.15, -0.1) is 10.2 Å². The van der Waals surface area contributed by atoms with Gasteiger partial charge in [0.25, 0.3) is 5.91 Å². The Morgan fingerprint density at radius 2 is 1.87 bits per heavy atom. The lowest BCUT2D eigenvalue weighted by atomic mass is 10.1. The summed E-state index contributed by atoms with van der Waals surface area (Å²) < 4.78 is 37.1. The van der Waals surface area contributed by atoms with E-state index in [1.165, 1.54) is 11.8 Å². The highest BCUT2D eigenvalue weighted by Crippen LogP contribution is 2.26. The van der Waals surface area contributed by atoms with Crippen LogP contribution in [0.4, 0.5) is 18.3 Å². The molecule has 1 fully saturated rings. The van der Waals surface area contributed by atoms with Gasteiger partial charge >= 0.3 is 6.18 Å². The third-order valence-corrected chi connectivity index (χ3v) is 4.44. The molecule has 1 aliphatic rings. The lowest BCUT2D eigenvalue weighted by molar-refractivity contribution is -0.158. The van der Waals surface area contributed by atoms with Crippen LogP contribution in [-0.4, -0.2) is 59.3 Å². The lowest BCUT2D eigenvalue weighted by Crippen LogP contribution is -2.50. The van der Waals surface area contributed by atoms with Gasteiger partial charge in [0.2, 0.25) is 16.0 Å². The number of halogens is 3. The zero-order valence-corrected chi connectivity index (χ0v) is 13.2. The highest BCUT2D eigenvalue weighted by atomic mass is 32.1. The maximum Gasteiger partial charge on any atom is 0.389 e. The fourth-order valence-electron chi connectivity index (χ4n) is 2.31. The number of anilines is 1. The van der Waals surface area contributed by atoms with E-state index in [9.17, 15) is 22.8 Å². The van der Waals surface area contributed by atoms with Gasteiger partial charge in [-0.05, 0) is 0 Å². The number of alkyl halides is 3. The second-order valence-electron chi connectivity index (χ2n) is 5.29. The minimum absolute atomic E-state index is 0.0947. The zero-order valence-electron chi connectivity index (χ0n) is 12.3. The molecule has 0 aromatic carbocycles. The molecule has 7 nitrogen and oxygen atoms in total. The van der Waals surface area contributed by atoms with Crippen LogP contribution in [0.3, 0.4) is 0 Å². The van der Waals surface area contributed by atoms with Gasteiger partial charge in [-0.1, -0.05) is 18.3 Å². The molecule has 2 rings (SSSR count). The van der Waals surface area contributed by atoms with Gasteiger partial charge in [0.1, 0.15) is 0 Å². The van der Waals surface area contributed by atoms with Gasteiger partial charge in [0.05, 0.1) is 6.42 Å². The number of hydrogen-bond acceptors (Lipinski definition) is 6. The molecule has 0 saturated carbocycles. The van der Waals surface area contributed by atoms with Gasteiger partial charge in [-0.25, -0.2) is 0 Å². The summed E-state index contributed by atoms with van der Waals surface area (Å²) in [5, 5.41) is 8.12. The molecular formula is C12H16F3N5O2S. The van der Waals surface area contributed by atoms with Crippen molar-refractivity contribution < 1.29 is 22.8 Å². The van der Waals surface area contributed by atoms with Crippen molar-refractivity contribution >= 4 is 28.3 Å². The molecular weight excluding hydrogens is 335 g/mol. The molecule has 11 heteroatoms. The first-order valence-electron chi connectivity index (χ1n) is 6.91. The number of amides is 2. The standard InChI is InChI=1S/C12H16F3N5O2S/c1-7(6-12(13,14)15)10(22)19-2-4-20(5-3-19)11-18-17-9(23-11)8(16)21/h7H,2-6H2,1H3,(H2,16,21)/t7-/m1/s1. The molecule has 128 valence electrons. The van der Waals surface area contributed by atoms with Crippen LogP contribution in [0.15, 0.2) is 0 Å². The monoisotopic (exact) mass is 351 g/mol. The first-order chi connectivity index (χ1) is 10.7. The third kappa shape index (κ3) is 4.53. The molecule has 1 aliphatic heterocycles. The summed E-state index contributed by atoms with van der Waals surface area (Å²) in [5.74, 6) is -2.26. The molecule has 0 spiro atoms. The fourth-order valence-corrected chi connectivity index (χ4v) is 3.06. The van der Waals surface area contributed by atoms with E-state index in [2.05, 4.69) is 10.2 Å². The van der Waals surface area contributed by atoms with E-state index in [1.807, 2.05) is 4.90 Å². The van der Waals surface area contributed by atoms with E-state index >= 15 is 0 Å². The number of piperazine rings is 1. The number of carbonyl (C=O) groups excluding carboxylic acids is 2. The number of nitrogens with two attached hydrogens (primary N) is 1. The Kier molecular flexibility index (Phi) is 5.07. The summed E-state index contributed by atoms with van der Waals surface area (Å²) in [4.78, 5) is 26.3. The Bertz CT molecular complexity index is 583. The molecule has 0 unspecified atom stereocenters. The van der Waals surface area contributed by atoms with Crippen LogP contribution in [0.25, 0.3) is 0 Å². The SMILES string of the molecule is C[C@H](CC(F)(F)F)C(=O)N1CCN(c2nnc(C(N)=O)s2)CC1. The summed E-state index contributed by atoms with van der Waals surface area (Å²) in [6, 6.07) is 0. The smallest absolute Gasteiger partial charge is 0.363 e. The van der Waals surface area contributed by atoms with Crippen LogP contribution in [0, 0.1) is 5.92 Å². The number of aromatic nitrogens is 2. The van der Waals surface area contributed by atoms with Crippen molar-refractivity contribution in [1.29, 1.82) is 0 Å². The van der Waals surface area contributed by atoms with E-state index in [1.54, 1.807) is 0 Å². The highest BCUT2D eigenvalue weighted by Gasteiger charge is 2.35. The maximum absolute atomic E-state index is 12.4. The molecule has 1 aromatic rings. The fraction of sp³-hybridized carbons (Fsp3) is 0.667. The Labute approximate surface area is 134 Å². The van der Waals surface area contributed by atoms with E-state index < -0.39 is 30.3 Å². The van der Waals surface area contributed by atoms with Crippen LogP contribution < -0.4 is 10.6 Å². The van der Waals surface area contributed by atoms with Crippen molar-refractivity contribution in [2.24, 2.45) is 11.7 Å². The largest absolute Gasteiger partial charge is 0.389 e. The van der Waals surface area contributed by atoms with Gasteiger partial charge in [0, 0.05) is 32.1 Å². The molecule has 0 bridgehead atoms. The van der Waals surface area contributed by atoms with E-state index in [0.717, 1.165) is 11.3 Å². The summed E-state index contributed by atoms with van der Waals surface area (Å²) in [5.41, 5.74) is 5.11. The zero-order chi connectivity index (χ0) is 17.2. The van der Waals surface area contributed by atoms with E-state index in [4.69, 9.17) is 5.73 Å². The number of rotatable bonds is 4. The first kappa shape index (κ1) is 17.4. The topological polar surface area (TPSA) is 92.4 Å². The average Bonchev–Trinajstić information content (AvgIpc) is 2.95. The summed E-state index contributed by atoms with van der Waals surface area (Å²) in [7, 11) is 0. The molecule has 23 heavy (non-hydrogen) atoms. The van der Waals surface area contributed by atoms with Gasteiger partial charge in [-0.3, -0.25) is 9.59 Å². The lowest BCUT2D eigenvalue weighted by Gasteiger charge is -2.35. The molecule has 1 saturated heterocycles. The Balaban J connectivity index is 1.90. The molecule has 2 amide bonds. The number of nitrogens with zero attached hydrogens (tertiary/aromatic N) is 4. The predicted octanol–water partition coefficient (Wildman–Crippen LogP) is 0.874. The molecule has 1 aromatic heterocycles. The Morgan fingerprint density at radius 3 is 2.35 bits per heavy atom. The summed E-state index contributed by atoms with van der Waals surface area (Å²) >= 11 is 1.05. The maximum atomic E-state index is 12.4. The van der Waals surface area contributed by atoms with Crippen LogP contribution >= 0.6 is 11.3 Å². The highest BCUT2D eigenvalue weighted by molar-refractivity contribution is 7.17. The van der Waals surface area contributed by atoms with Crippen LogP contribution in [0.5, 0.6) is 0 Å². The van der Waals surface area contributed by atoms with Crippen LogP contribution in [0.1, 0.15) is 23.1 Å². The van der Waals surface area contributed by atoms with Crippen molar-refractivity contribution in [3.05, 3.63) is 5.01 Å².